The summed E-state index contributed by atoms with van der Waals surface area (Å²) in [6, 6.07) is 18.6. The van der Waals surface area contributed by atoms with Gasteiger partial charge in [0.25, 0.3) is 0 Å². The van der Waals surface area contributed by atoms with E-state index in [2.05, 4.69) is 0 Å². The van der Waals surface area contributed by atoms with Crippen molar-refractivity contribution in [2.24, 2.45) is 0 Å². The van der Waals surface area contributed by atoms with Crippen molar-refractivity contribution < 1.29 is 18.0 Å². The lowest BCUT2D eigenvalue weighted by Crippen LogP contribution is -2.21. The Balaban J connectivity index is 1.89. The highest BCUT2D eigenvalue weighted by molar-refractivity contribution is 7.91. The minimum absolute atomic E-state index is 0.00187. The Bertz CT molecular complexity index is 1130. The van der Waals surface area contributed by atoms with Crippen LogP contribution in [0.25, 0.3) is 0 Å². The maximum absolute atomic E-state index is 12.8. The van der Waals surface area contributed by atoms with E-state index in [0.29, 0.717) is 11.1 Å². The number of carbonyl (C=O) groups excluding carboxylic acids is 2. The van der Waals surface area contributed by atoms with Gasteiger partial charge in [0.1, 0.15) is 0 Å². The third-order valence-corrected chi connectivity index (χ3v) is 6.03. The first-order valence-electron chi connectivity index (χ1n) is 7.63. The SMILES string of the molecule is O=C1c2ccccc2C(=O)c2cc(S(=O)(=O)c3ccccc3)ccc21. The molecular formula is C20H12O4S. The van der Waals surface area contributed by atoms with Crippen molar-refractivity contribution in [1.29, 1.82) is 0 Å². The zero-order valence-electron chi connectivity index (χ0n) is 13.0. The third-order valence-electron chi connectivity index (χ3n) is 4.26. The molecule has 1 aliphatic carbocycles. The quantitative estimate of drug-likeness (QED) is 0.557. The number of carbonyl (C=O) groups is 2. The lowest BCUT2D eigenvalue weighted by Gasteiger charge is -2.18. The molecule has 3 aromatic carbocycles. The minimum Gasteiger partial charge on any atom is -0.289 e. The molecular weight excluding hydrogens is 336 g/mol. The number of fused-ring (bicyclic) bond motifs is 2. The van der Waals surface area contributed by atoms with E-state index in [-0.39, 0.29) is 32.5 Å². The molecule has 4 nitrogen and oxygen atoms in total. The monoisotopic (exact) mass is 348 g/mol. The van der Waals surface area contributed by atoms with Crippen LogP contribution in [-0.4, -0.2) is 20.0 Å². The van der Waals surface area contributed by atoms with Gasteiger partial charge in [-0.05, 0) is 30.3 Å². The standard InChI is InChI=1S/C20H12O4S/c21-19-15-8-4-5-9-16(15)20(22)18-12-14(10-11-17(18)19)25(23,24)13-6-2-1-3-7-13/h1-12H. The molecule has 0 fully saturated rings. The van der Waals surface area contributed by atoms with Crippen molar-refractivity contribution in [2.75, 3.05) is 0 Å². The van der Waals surface area contributed by atoms with Gasteiger partial charge >= 0.3 is 0 Å². The van der Waals surface area contributed by atoms with Gasteiger partial charge in [-0.15, -0.1) is 0 Å². The van der Waals surface area contributed by atoms with E-state index in [1.807, 2.05) is 0 Å². The number of benzene rings is 3. The van der Waals surface area contributed by atoms with Gasteiger partial charge in [0.05, 0.1) is 9.79 Å². The molecule has 0 amide bonds. The van der Waals surface area contributed by atoms with Crippen LogP contribution in [0.3, 0.4) is 0 Å². The van der Waals surface area contributed by atoms with Gasteiger partial charge in [-0.1, -0.05) is 42.5 Å². The molecule has 3 aromatic rings. The fraction of sp³-hybridized carbons (Fsp3) is 0. The number of rotatable bonds is 2. The first-order valence-corrected chi connectivity index (χ1v) is 9.11. The van der Waals surface area contributed by atoms with E-state index in [0.717, 1.165) is 0 Å². The van der Waals surface area contributed by atoms with Crippen LogP contribution in [-0.2, 0) is 9.84 Å². The first-order chi connectivity index (χ1) is 12.0. The fourth-order valence-corrected chi connectivity index (χ4v) is 4.29. The van der Waals surface area contributed by atoms with Crippen LogP contribution >= 0.6 is 0 Å². The highest BCUT2D eigenvalue weighted by Crippen LogP contribution is 2.30. The molecule has 122 valence electrons. The number of hydrogen-bond acceptors (Lipinski definition) is 4. The van der Waals surface area contributed by atoms with Crippen LogP contribution in [0.15, 0.2) is 82.6 Å². The third kappa shape index (κ3) is 2.32. The normalized spacial score (nSPS) is 13.3. The molecule has 0 N–H and O–H groups in total. The van der Waals surface area contributed by atoms with Crippen LogP contribution < -0.4 is 0 Å². The second-order valence-electron chi connectivity index (χ2n) is 5.73. The summed E-state index contributed by atoms with van der Waals surface area (Å²) in [5.74, 6) is -0.607. The Morgan fingerprint density at radius 3 is 1.68 bits per heavy atom. The second kappa shape index (κ2) is 5.50. The Kier molecular flexibility index (Phi) is 3.40. The zero-order chi connectivity index (χ0) is 17.6. The van der Waals surface area contributed by atoms with Gasteiger partial charge < -0.3 is 0 Å². The largest absolute Gasteiger partial charge is 0.289 e. The first kappa shape index (κ1) is 15.5. The minimum atomic E-state index is -3.75. The molecule has 1 aliphatic rings. The van der Waals surface area contributed by atoms with Crippen molar-refractivity contribution in [3.8, 4) is 0 Å². The fourth-order valence-electron chi connectivity index (χ4n) is 2.98. The Morgan fingerprint density at radius 1 is 0.520 bits per heavy atom. The van der Waals surface area contributed by atoms with Crippen LogP contribution in [0.1, 0.15) is 31.8 Å². The van der Waals surface area contributed by atoms with Gasteiger partial charge in [0.15, 0.2) is 11.6 Å². The van der Waals surface area contributed by atoms with Crippen molar-refractivity contribution in [2.45, 2.75) is 9.79 Å². The number of ketones is 2. The van der Waals surface area contributed by atoms with E-state index in [4.69, 9.17) is 0 Å². The van der Waals surface area contributed by atoms with Crippen molar-refractivity contribution in [1.82, 2.24) is 0 Å². The summed E-state index contributed by atoms with van der Waals surface area (Å²) >= 11 is 0. The lowest BCUT2D eigenvalue weighted by atomic mass is 9.84. The molecule has 0 heterocycles. The Labute approximate surface area is 144 Å². The summed E-state index contributed by atoms with van der Waals surface area (Å²) in [5.41, 5.74) is 1.00. The van der Waals surface area contributed by atoms with Gasteiger partial charge in [0, 0.05) is 22.3 Å². The predicted octanol–water partition coefficient (Wildman–Crippen LogP) is 3.29. The maximum Gasteiger partial charge on any atom is 0.206 e. The van der Waals surface area contributed by atoms with Gasteiger partial charge in [-0.3, -0.25) is 9.59 Å². The summed E-state index contributed by atoms with van der Waals surface area (Å²) < 4.78 is 25.5. The van der Waals surface area contributed by atoms with Gasteiger partial charge in [0.2, 0.25) is 9.84 Å². The second-order valence-corrected chi connectivity index (χ2v) is 7.68. The van der Waals surface area contributed by atoms with E-state index in [9.17, 15) is 18.0 Å². The average molecular weight is 348 g/mol. The predicted molar refractivity (Wildman–Crippen MR) is 91.6 cm³/mol. The molecule has 0 aliphatic heterocycles. The van der Waals surface area contributed by atoms with Crippen LogP contribution in [0.4, 0.5) is 0 Å². The van der Waals surface area contributed by atoms with Crippen molar-refractivity contribution in [3.63, 3.8) is 0 Å². The lowest BCUT2D eigenvalue weighted by molar-refractivity contribution is 0.0979. The maximum atomic E-state index is 12.8. The number of hydrogen-bond donors (Lipinski definition) is 0. The molecule has 4 rings (SSSR count). The summed E-state index contributed by atoms with van der Waals surface area (Å²) in [6.45, 7) is 0. The summed E-state index contributed by atoms with van der Waals surface area (Å²) in [7, 11) is -3.75. The van der Waals surface area contributed by atoms with Crippen molar-refractivity contribution >= 4 is 21.4 Å². The smallest absolute Gasteiger partial charge is 0.206 e. The highest BCUT2D eigenvalue weighted by Gasteiger charge is 2.31. The average Bonchev–Trinajstić information content (AvgIpc) is 2.66. The molecule has 0 spiro atoms. The number of sulfone groups is 1. The molecule has 0 atom stereocenters. The van der Waals surface area contributed by atoms with Crippen LogP contribution in [0.2, 0.25) is 0 Å². The molecule has 0 aromatic heterocycles. The van der Waals surface area contributed by atoms with Crippen molar-refractivity contribution in [3.05, 3.63) is 95.1 Å². The van der Waals surface area contributed by atoms with Gasteiger partial charge in [-0.2, -0.15) is 0 Å². The van der Waals surface area contributed by atoms with E-state index in [1.165, 1.54) is 30.3 Å². The molecule has 0 radical (unpaired) electrons. The summed E-state index contributed by atoms with van der Waals surface area (Å²) in [5, 5.41) is 0. The van der Waals surface area contributed by atoms with Gasteiger partial charge in [-0.25, -0.2) is 8.42 Å². The van der Waals surface area contributed by atoms with Crippen LogP contribution in [0.5, 0.6) is 0 Å². The Morgan fingerprint density at radius 2 is 1.04 bits per heavy atom. The Hall–Kier alpha value is -3.05. The zero-order valence-corrected chi connectivity index (χ0v) is 13.8. The summed E-state index contributed by atoms with van der Waals surface area (Å²) in [4.78, 5) is 25.4. The molecule has 0 saturated carbocycles. The molecule has 5 heteroatoms. The van der Waals surface area contributed by atoms with E-state index >= 15 is 0 Å². The molecule has 0 bridgehead atoms. The van der Waals surface area contributed by atoms with Crippen LogP contribution in [0, 0.1) is 0 Å². The van der Waals surface area contributed by atoms with E-state index < -0.39 is 9.84 Å². The molecule has 0 unspecified atom stereocenters. The molecule has 25 heavy (non-hydrogen) atoms. The molecule has 0 saturated heterocycles. The highest BCUT2D eigenvalue weighted by atomic mass is 32.2. The van der Waals surface area contributed by atoms with E-state index in [1.54, 1.807) is 42.5 Å². The topological polar surface area (TPSA) is 68.3 Å². The summed E-state index contributed by atoms with van der Waals surface area (Å²) in [6.07, 6.45) is 0.